The number of nitrogen functional groups attached to an aromatic ring is 1. The summed E-state index contributed by atoms with van der Waals surface area (Å²) in [4.78, 5) is 81.1. The van der Waals surface area contributed by atoms with Crippen molar-refractivity contribution in [2.45, 2.75) is 77.9 Å². The van der Waals surface area contributed by atoms with Crippen LogP contribution >= 0.6 is 34.0 Å². The quantitative estimate of drug-likeness (QED) is 0.0760. The lowest BCUT2D eigenvalue weighted by atomic mass is 9.93. The first-order chi connectivity index (χ1) is 43.2. The first-order valence-electron chi connectivity index (χ1n) is 29.6. The highest BCUT2D eigenvalue weighted by Crippen LogP contribution is 2.39. The maximum Gasteiger partial charge on any atom is 0.410 e. The molecule has 474 valence electrons. The number of amides is 4. The third-order valence-electron chi connectivity index (χ3n) is 15.0. The van der Waals surface area contributed by atoms with E-state index in [4.69, 9.17) is 15.2 Å². The predicted octanol–water partition coefficient (Wildman–Crippen LogP) is 14.9. The van der Waals surface area contributed by atoms with Gasteiger partial charge in [-0.2, -0.15) is 0 Å². The lowest BCUT2D eigenvalue weighted by molar-refractivity contribution is -0.141. The monoisotopic (exact) mass is 1280 g/mol. The average molecular weight is 1280 g/mol. The highest BCUT2D eigenvalue weighted by atomic mass is 32.1. The van der Waals surface area contributed by atoms with Crippen molar-refractivity contribution >= 4 is 81.0 Å². The fraction of sp³-hybridized carbons (Fsp3) is 0.296. The van der Waals surface area contributed by atoms with Crippen molar-refractivity contribution in [1.82, 2.24) is 30.1 Å². The lowest BCUT2D eigenvalue weighted by Crippen LogP contribution is -2.36. The molecule has 12 rings (SSSR count). The number of anilines is 3. The molecule has 20 heteroatoms. The maximum atomic E-state index is 13.3. The predicted molar refractivity (Wildman–Crippen MR) is 365 cm³/mol. The lowest BCUT2D eigenvalue weighted by Gasteiger charge is -2.24. The number of hydrogen-bond acceptors (Lipinski definition) is 15. The van der Waals surface area contributed by atoms with Crippen LogP contribution in [0.1, 0.15) is 81.4 Å². The number of pyridine rings is 3. The number of nitrogens with zero attached hydrogens (tertiary/aromatic N) is 5. The molecule has 3 aliphatic heterocycles. The number of carbonyl (C=O) groups is 5. The highest BCUT2D eigenvalue weighted by Gasteiger charge is 2.44. The smallest absolute Gasteiger partial charge is 0.410 e. The molecular formula is C71H79N9O8S3. The summed E-state index contributed by atoms with van der Waals surface area (Å²) in [6, 6.07) is 47.1. The molecule has 3 fully saturated rings. The van der Waals surface area contributed by atoms with Crippen LogP contribution in [0.25, 0.3) is 33.4 Å². The Morgan fingerprint density at radius 3 is 1.29 bits per heavy atom. The van der Waals surface area contributed by atoms with Gasteiger partial charge in [-0.1, -0.05) is 80.2 Å². The van der Waals surface area contributed by atoms with Gasteiger partial charge in [0.15, 0.2) is 0 Å². The third kappa shape index (κ3) is 19.2. The number of carboxylic acid groups (broad SMARTS) is 1. The second-order valence-electron chi connectivity index (χ2n) is 23.9. The van der Waals surface area contributed by atoms with Crippen LogP contribution in [0, 0.1) is 17.8 Å². The number of hydrogen-bond donors (Lipinski definition) is 5. The molecule has 9 aromatic rings. The van der Waals surface area contributed by atoms with Crippen LogP contribution in [-0.2, 0) is 23.9 Å². The number of carbonyl (C=O) groups excluding carboxylic acids is 4. The molecule has 0 saturated carbocycles. The number of nitrogens with one attached hydrogen (secondary N) is 3. The first kappa shape index (κ1) is 67.8. The van der Waals surface area contributed by atoms with Crippen molar-refractivity contribution in [3.63, 3.8) is 0 Å². The van der Waals surface area contributed by atoms with Crippen molar-refractivity contribution in [3.05, 3.63) is 214 Å². The van der Waals surface area contributed by atoms with E-state index in [9.17, 15) is 29.1 Å². The Labute approximate surface area is 544 Å². The van der Waals surface area contributed by atoms with E-state index in [0.717, 1.165) is 73.3 Å². The minimum Gasteiger partial charge on any atom is -0.481 e. The van der Waals surface area contributed by atoms with Crippen LogP contribution in [0.5, 0.6) is 0 Å². The largest absolute Gasteiger partial charge is 0.481 e. The van der Waals surface area contributed by atoms with Crippen molar-refractivity contribution in [2.24, 2.45) is 17.8 Å². The molecule has 0 unspecified atom stereocenters. The number of aliphatic carboxylic acids is 1. The third-order valence-corrected chi connectivity index (χ3v) is 18.0. The van der Waals surface area contributed by atoms with E-state index >= 15 is 0 Å². The van der Waals surface area contributed by atoms with Gasteiger partial charge in [0.2, 0.25) is 11.8 Å². The van der Waals surface area contributed by atoms with E-state index in [-0.39, 0.29) is 61.5 Å². The second-order valence-corrected chi connectivity index (χ2v) is 26.9. The van der Waals surface area contributed by atoms with Gasteiger partial charge in [-0.05, 0) is 147 Å². The molecule has 3 aromatic carbocycles. The van der Waals surface area contributed by atoms with Gasteiger partial charge in [-0.3, -0.25) is 29.3 Å². The van der Waals surface area contributed by atoms with E-state index < -0.39 is 29.2 Å². The highest BCUT2D eigenvalue weighted by molar-refractivity contribution is 7.10. The van der Waals surface area contributed by atoms with Gasteiger partial charge < -0.3 is 46.1 Å². The summed E-state index contributed by atoms with van der Waals surface area (Å²) in [5, 5.41) is 24.8. The summed E-state index contributed by atoms with van der Waals surface area (Å²) in [6.07, 6.45) is 9.88. The molecule has 17 nitrogen and oxygen atoms in total. The van der Waals surface area contributed by atoms with Gasteiger partial charge >= 0.3 is 18.2 Å². The molecule has 9 heterocycles. The van der Waals surface area contributed by atoms with Gasteiger partial charge in [0.25, 0.3) is 0 Å². The topological polar surface area (TPSA) is 231 Å². The van der Waals surface area contributed by atoms with Crippen molar-refractivity contribution in [2.75, 3.05) is 55.6 Å². The molecule has 6 atom stereocenters. The van der Waals surface area contributed by atoms with Crippen LogP contribution in [-0.4, -0.2) is 110 Å². The van der Waals surface area contributed by atoms with E-state index in [2.05, 4.69) is 42.3 Å². The number of ether oxygens (including phenoxy) is 2. The van der Waals surface area contributed by atoms with Gasteiger partial charge in [0, 0.05) is 143 Å². The number of rotatable bonds is 11. The number of carboxylic acids is 1. The Bertz CT molecular complexity index is 3770. The molecule has 0 spiro atoms. The molecule has 4 amide bonds. The zero-order chi connectivity index (χ0) is 63.8. The number of nitrogens with two attached hydrogens (primary N) is 1. The Kier molecular flexibility index (Phi) is 23.5. The summed E-state index contributed by atoms with van der Waals surface area (Å²) in [7, 11) is 0. The number of likely N-dealkylation sites (tertiary alicyclic amines) is 2. The second kappa shape index (κ2) is 31.6. The normalized spacial score (nSPS) is 18.3. The molecule has 91 heavy (non-hydrogen) atoms. The van der Waals surface area contributed by atoms with Gasteiger partial charge in [0.05, 0.1) is 17.8 Å². The molecule has 3 saturated heterocycles. The van der Waals surface area contributed by atoms with Crippen molar-refractivity contribution in [3.8, 4) is 33.4 Å². The molecule has 0 radical (unpaired) electrons. The minimum absolute atomic E-state index is 0. The zero-order valence-electron chi connectivity index (χ0n) is 51.1. The Morgan fingerprint density at radius 2 is 0.890 bits per heavy atom. The molecule has 3 aliphatic rings. The van der Waals surface area contributed by atoms with E-state index in [0.29, 0.717) is 19.6 Å². The Balaban J connectivity index is 0.000000163. The molecular weight excluding hydrogens is 1200 g/mol. The molecule has 0 bridgehead atoms. The fourth-order valence-corrected chi connectivity index (χ4v) is 13.4. The van der Waals surface area contributed by atoms with Gasteiger partial charge in [0.1, 0.15) is 11.2 Å². The van der Waals surface area contributed by atoms with Crippen LogP contribution in [0.4, 0.5) is 26.7 Å². The summed E-state index contributed by atoms with van der Waals surface area (Å²) in [5.41, 5.74) is 13.1. The van der Waals surface area contributed by atoms with Crippen molar-refractivity contribution < 1.29 is 38.6 Å². The fourth-order valence-electron chi connectivity index (χ4n) is 10.8. The van der Waals surface area contributed by atoms with Crippen LogP contribution in [0.15, 0.2) is 199 Å². The Morgan fingerprint density at radius 1 is 0.495 bits per heavy atom. The molecule has 6 N–H and O–H groups in total. The molecule has 6 aromatic heterocycles. The van der Waals surface area contributed by atoms with Crippen molar-refractivity contribution in [1.29, 1.82) is 0 Å². The molecule has 0 aliphatic carbocycles. The standard InChI is InChI=1S/C25H27N3O3S.C20H19N3OS.C14H19NO4S.C11H10N2.CH4/c1-25(2,3)31-24(30)28-15-20(22-10-6-12-32-22)21(16-28)23(29)27-19-9-4-7-17(13-19)18-8-5-11-26-14-18;24-20(18-13-22-12-17(18)19-7-3-9-25-19)23-16-6-1-4-14(10-16)15-5-2-8-21-11-15;1-14(2,3)19-13(18)15-7-9(10(8-15)12(16)17)11-5-4-6-20-11;12-11-5-1-3-9(7-11)10-4-2-6-13-8-10;/h4-14,20-21H,15-16H2,1-3H3,(H,27,29);1-11,17-18,22H,12-13H2,(H,23,24);4-6,9-10H,7-8H2,1-3H3,(H,16,17);1-8H,12H2;1H4/t20-,21-;17-,18-;9-,10-;;/m111../s1. The zero-order valence-corrected chi connectivity index (χ0v) is 53.6. The summed E-state index contributed by atoms with van der Waals surface area (Å²) >= 11 is 4.86. The van der Waals surface area contributed by atoms with E-state index in [1.54, 1.807) is 73.1 Å². The first-order valence-corrected chi connectivity index (χ1v) is 32.3. The van der Waals surface area contributed by atoms with Gasteiger partial charge in [-0.25, -0.2) is 9.59 Å². The number of benzene rings is 3. The number of thiophene rings is 3. The van der Waals surface area contributed by atoms with Gasteiger partial charge in [-0.15, -0.1) is 34.0 Å². The van der Waals surface area contributed by atoms with Crippen LogP contribution < -0.4 is 21.7 Å². The van der Waals surface area contributed by atoms with Crippen LogP contribution in [0.3, 0.4) is 0 Å². The SMILES string of the molecule is C.CC(C)(C)OC(=O)N1C[C@@H](C(=O)Nc2cccc(-c3cccnc3)c2)[C@H](c2cccs2)C1.CC(C)(C)OC(=O)N1C[C@@H](C(=O)O)[C@H](c2cccs2)C1.Nc1cccc(-c2cccnc2)c1.O=C(Nc1cccc(-c2cccnc2)c1)[C@@H]1CNC[C@H]1c1cccs1. The maximum absolute atomic E-state index is 13.3. The summed E-state index contributed by atoms with van der Waals surface area (Å²) in [6.45, 7) is 13.9. The van der Waals surface area contributed by atoms with Crippen LogP contribution in [0.2, 0.25) is 0 Å². The average Bonchev–Trinajstić information content (AvgIpc) is 1.75. The summed E-state index contributed by atoms with van der Waals surface area (Å²) < 4.78 is 10.9. The minimum atomic E-state index is -0.866. The van der Waals surface area contributed by atoms with E-state index in [1.165, 1.54) is 21.1 Å². The van der Waals surface area contributed by atoms with E-state index in [1.807, 2.05) is 183 Å². The Hall–Kier alpha value is -9.08. The summed E-state index contributed by atoms with van der Waals surface area (Å²) in [5.74, 6) is -1.82. The number of aromatic nitrogens is 3.